The smallest absolute Gasteiger partial charge is 0.0450 e. The molecule has 2 heteroatoms. The summed E-state index contributed by atoms with van der Waals surface area (Å²) in [4.78, 5) is 0. The molecule has 4 aliphatic rings. The second-order valence-corrected chi connectivity index (χ2v) is 7.55. The summed E-state index contributed by atoms with van der Waals surface area (Å²) < 4.78 is 0. The van der Waals surface area contributed by atoms with Crippen molar-refractivity contribution in [2.45, 2.75) is 50.6 Å². The molecule has 4 bridgehead atoms. The summed E-state index contributed by atoms with van der Waals surface area (Å²) in [6, 6.07) is 8.24. The average molecular weight is 276 g/mol. The van der Waals surface area contributed by atoms with Crippen molar-refractivity contribution in [3.8, 4) is 0 Å². The van der Waals surface area contributed by atoms with Gasteiger partial charge in [-0.15, -0.1) is 0 Å². The summed E-state index contributed by atoms with van der Waals surface area (Å²) in [7, 11) is 0. The predicted molar refractivity (Wildman–Crippen MR) is 79.2 cm³/mol. The molecule has 0 aliphatic heterocycles. The summed E-state index contributed by atoms with van der Waals surface area (Å²) >= 11 is 6.27. The standard InChI is InChI=1S/C17H22ClN/c18-16-4-2-1-3-15(16)11-19-17-8-12-5-13(9-17)7-14(6-12)10-17/h1-4,12-14,19H,5-11H2. The molecule has 0 spiro atoms. The van der Waals surface area contributed by atoms with Crippen molar-refractivity contribution >= 4 is 11.6 Å². The van der Waals surface area contributed by atoms with Crippen LogP contribution in [-0.2, 0) is 6.54 Å². The van der Waals surface area contributed by atoms with Gasteiger partial charge < -0.3 is 5.32 Å². The van der Waals surface area contributed by atoms with Crippen LogP contribution in [0.3, 0.4) is 0 Å². The quantitative estimate of drug-likeness (QED) is 0.862. The lowest BCUT2D eigenvalue weighted by molar-refractivity contribution is -0.0205. The van der Waals surface area contributed by atoms with Gasteiger partial charge in [-0.2, -0.15) is 0 Å². The van der Waals surface area contributed by atoms with Gasteiger partial charge in [0, 0.05) is 17.1 Å². The van der Waals surface area contributed by atoms with Crippen LogP contribution in [0.5, 0.6) is 0 Å². The van der Waals surface area contributed by atoms with Gasteiger partial charge in [0.2, 0.25) is 0 Å². The summed E-state index contributed by atoms with van der Waals surface area (Å²) in [5.74, 6) is 3.01. The Labute approximate surface area is 120 Å². The molecule has 4 saturated carbocycles. The van der Waals surface area contributed by atoms with Gasteiger partial charge in [0.25, 0.3) is 0 Å². The minimum Gasteiger partial charge on any atom is -0.307 e. The van der Waals surface area contributed by atoms with E-state index in [2.05, 4.69) is 17.4 Å². The number of nitrogens with one attached hydrogen (secondary N) is 1. The van der Waals surface area contributed by atoms with Crippen LogP contribution in [0.4, 0.5) is 0 Å². The first-order valence-corrected chi connectivity index (χ1v) is 8.09. The van der Waals surface area contributed by atoms with Gasteiger partial charge in [-0.3, -0.25) is 0 Å². The van der Waals surface area contributed by atoms with Crippen molar-refractivity contribution < 1.29 is 0 Å². The summed E-state index contributed by atoms with van der Waals surface area (Å²) in [6.45, 7) is 0.936. The van der Waals surface area contributed by atoms with Crippen molar-refractivity contribution in [1.82, 2.24) is 5.32 Å². The Morgan fingerprint density at radius 2 is 1.58 bits per heavy atom. The van der Waals surface area contributed by atoms with Crippen molar-refractivity contribution in [2.75, 3.05) is 0 Å². The number of halogens is 1. The van der Waals surface area contributed by atoms with Gasteiger partial charge in [-0.1, -0.05) is 29.8 Å². The molecule has 0 heterocycles. The molecule has 4 fully saturated rings. The Balaban J connectivity index is 1.49. The van der Waals surface area contributed by atoms with Crippen molar-refractivity contribution in [1.29, 1.82) is 0 Å². The van der Waals surface area contributed by atoms with Crippen LogP contribution in [-0.4, -0.2) is 5.54 Å². The molecule has 102 valence electrons. The third kappa shape index (κ3) is 2.21. The topological polar surface area (TPSA) is 12.0 Å². The largest absolute Gasteiger partial charge is 0.307 e. The minimum absolute atomic E-state index is 0.438. The molecular formula is C17H22ClN. The average Bonchev–Trinajstić information content (AvgIpc) is 2.36. The first kappa shape index (κ1) is 12.2. The Hall–Kier alpha value is -0.530. The summed E-state index contributed by atoms with van der Waals surface area (Å²) in [5, 5.41) is 4.80. The third-order valence-corrected chi connectivity index (χ3v) is 6.02. The third-order valence-electron chi connectivity index (χ3n) is 5.65. The van der Waals surface area contributed by atoms with Crippen LogP contribution in [0.25, 0.3) is 0 Å². The highest BCUT2D eigenvalue weighted by molar-refractivity contribution is 6.31. The number of hydrogen-bond donors (Lipinski definition) is 1. The highest BCUT2D eigenvalue weighted by Crippen LogP contribution is 2.55. The molecule has 4 aliphatic carbocycles. The lowest BCUT2D eigenvalue weighted by Gasteiger charge is -2.57. The number of rotatable bonds is 3. The molecule has 1 N–H and O–H groups in total. The van der Waals surface area contributed by atoms with E-state index in [4.69, 9.17) is 11.6 Å². The zero-order valence-corrected chi connectivity index (χ0v) is 12.1. The van der Waals surface area contributed by atoms with Crippen LogP contribution in [0.1, 0.15) is 44.1 Å². The monoisotopic (exact) mass is 275 g/mol. The van der Waals surface area contributed by atoms with Gasteiger partial charge in [-0.05, 0) is 67.9 Å². The van der Waals surface area contributed by atoms with Crippen LogP contribution in [0.2, 0.25) is 5.02 Å². The Bertz CT molecular complexity index is 447. The lowest BCUT2D eigenvalue weighted by atomic mass is 9.53. The fourth-order valence-electron chi connectivity index (χ4n) is 5.25. The van der Waals surface area contributed by atoms with E-state index in [1.54, 1.807) is 0 Å². The van der Waals surface area contributed by atoms with Crippen molar-refractivity contribution in [3.05, 3.63) is 34.9 Å². The normalized spacial score (nSPS) is 39.7. The van der Waals surface area contributed by atoms with E-state index < -0.39 is 0 Å². The number of hydrogen-bond acceptors (Lipinski definition) is 1. The van der Waals surface area contributed by atoms with Gasteiger partial charge in [0.1, 0.15) is 0 Å². The van der Waals surface area contributed by atoms with E-state index in [0.29, 0.717) is 5.54 Å². The Kier molecular flexibility index (Phi) is 2.89. The fourth-order valence-corrected chi connectivity index (χ4v) is 5.45. The predicted octanol–water partition coefficient (Wildman–Crippen LogP) is 4.40. The molecule has 0 saturated heterocycles. The highest BCUT2D eigenvalue weighted by Gasteiger charge is 2.50. The second-order valence-electron chi connectivity index (χ2n) is 7.14. The maximum atomic E-state index is 6.27. The molecule has 1 aromatic carbocycles. The van der Waals surface area contributed by atoms with Gasteiger partial charge >= 0.3 is 0 Å². The highest BCUT2D eigenvalue weighted by atomic mass is 35.5. The van der Waals surface area contributed by atoms with Gasteiger partial charge in [-0.25, -0.2) is 0 Å². The van der Waals surface area contributed by atoms with Crippen LogP contribution in [0, 0.1) is 17.8 Å². The SMILES string of the molecule is Clc1ccccc1CNC12CC3CC(CC(C3)C1)C2. The van der Waals surface area contributed by atoms with Crippen molar-refractivity contribution in [2.24, 2.45) is 17.8 Å². The van der Waals surface area contributed by atoms with E-state index in [1.165, 1.54) is 44.1 Å². The van der Waals surface area contributed by atoms with E-state index >= 15 is 0 Å². The van der Waals surface area contributed by atoms with Crippen LogP contribution < -0.4 is 5.32 Å². The van der Waals surface area contributed by atoms with E-state index in [-0.39, 0.29) is 0 Å². The van der Waals surface area contributed by atoms with Crippen molar-refractivity contribution in [3.63, 3.8) is 0 Å². The maximum Gasteiger partial charge on any atom is 0.0450 e. The first-order valence-electron chi connectivity index (χ1n) is 7.71. The number of benzene rings is 1. The lowest BCUT2D eigenvalue weighted by Crippen LogP contribution is -2.58. The fraction of sp³-hybridized carbons (Fsp3) is 0.647. The van der Waals surface area contributed by atoms with Gasteiger partial charge in [0.15, 0.2) is 0 Å². The van der Waals surface area contributed by atoms with E-state index in [1.807, 2.05) is 12.1 Å². The molecule has 0 unspecified atom stereocenters. The molecule has 0 amide bonds. The zero-order chi connectivity index (χ0) is 12.9. The molecule has 0 atom stereocenters. The van der Waals surface area contributed by atoms with E-state index in [0.717, 1.165) is 29.3 Å². The zero-order valence-electron chi connectivity index (χ0n) is 11.4. The first-order chi connectivity index (χ1) is 9.22. The molecule has 5 rings (SSSR count). The van der Waals surface area contributed by atoms with Gasteiger partial charge in [0.05, 0.1) is 0 Å². The minimum atomic E-state index is 0.438. The van der Waals surface area contributed by atoms with E-state index in [9.17, 15) is 0 Å². The molecule has 1 aromatic rings. The van der Waals surface area contributed by atoms with Crippen LogP contribution >= 0.6 is 11.6 Å². The summed E-state index contributed by atoms with van der Waals surface area (Å²) in [6.07, 6.45) is 8.74. The Morgan fingerprint density at radius 3 is 2.16 bits per heavy atom. The maximum absolute atomic E-state index is 6.27. The molecule has 19 heavy (non-hydrogen) atoms. The van der Waals surface area contributed by atoms with Crippen LogP contribution in [0.15, 0.2) is 24.3 Å². The molecule has 0 aromatic heterocycles. The Morgan fingerprint density at radius 1 is 1.00 bits per heavy atom. The summed E-state index contributed by atoms with van der Waals surface area (Å²) in [5.41, 5.74) is 1.69. The second kappa shape index (κ2) is 4.49. The molecular weight excluding hydrogens is 254 g/mol. The molecule has 0 radical (unpaired) electrons. The molecule has 1 nitrogen and oxygen atoms in total.